The van der Waals surface area contributed by atoms with E-state index in [0.29, 0.717) is 44.3 Å². The molecule has 0 spiro atoms. The van der Waals surface area contributed by atoms with E-state index in [2.05, 4.69) is 17.1 Å². The molecule has 0 amide bonds. The maximum Gasteiger partial charge on any atom is 0.243 e. The van der Waals surface area contributed by atoms with Crippen LogP contribution in [0.3, 0.4) is 0 Å². The Kier molecular flexibility index (Phi) is 6.74. The first-order valence-electron chi connectivity index (χ1n) is 11.8. The van der Waals surface area contributed by atoms with Gasteiger partial charge in [0.25, 0.3) is 0 Å². The molecule has 35 heavy (non-hydrogen) atoms. The molecule has 0 radical (unpaired) electrons. The molecular formula is C25H28N4O5S. The second-order valence-corrected chi connectivity index (χ2v) is 10.3. The Balaban J connectivity index is 1.20. The van der Waals surface area contributed by atoms with Gasteiger partial charge in [-0.25, -0.2) is 8.42 Å². The largest absolute Gasteiger partial charge is 0.494 e. The first-order valence-corrected chi connectivity index (χ1v) is 13.2. The normalized spacial score (nSPS) is 15.9. The summed E-state index contributed by atoms with van der Waals surface area (Å²) in [5.74, 6) is 2.83. The zero-order valence-corrected chi connectivity index (χ0v) is 20.4. The number of hydrogen-bond donors (Lipinski definition) is 0. The van der Waals surface area contributed by atoms with Crippen LogP contribution in [0.1, 0.15) is 19.8 Å². The second-order valence-electron chi connectivity index (χ2n) is 8.41. The zero-order valence-electron chi connectivity index (χ0n) is 19.6. The van der Waals surface area contributed by atoms with Gasteiger partial charge in [-0.1, -0.05) is 13.3 Å². The molecule has 1 fully saturated rings. The number of sulfonamides is 1. The van der Waals surface area contributed by atoms with E-state index >= 15 is 0 Å². The molecular weight excluding hydrogens is 468 g/mol. The minimum absolute atomic E-state index is 0.226. The molecule has 0 N–H and O–H groups in total. The molecule has 0 atom stereocenters. The fourth-order valence-corrected chi connectivity index (χ4v) is 5.47. The average molecular weight is 497 g/mol. The lowest BCUT2D eigenvalue weighted by atomic mass is 10.1. The van der Waals surface area contributed by atoms with Crippen molar-refractivity contribution in [1.82, 2.24) is 14.5 Å². The Labute approximate surface area is 205 Å². The third-order valence-electron chi connectivity index (χ3n) is 6.11. The van der Waals surface area contributed by atoms with Crippen LogP contribution in [0.2, 0.25) is 0 Å². The molecule has 2 aliphatic rings. The molecule has 5 rings (SSSR count). The summed E-state index contributed by atoms with van der Waals surface area (Å²) in [6, 6.07) is 16.2. The van der Waals surface area contributed by atoms with Crippen molar-refractivity contribution in [2.45, 2.75) is 24.7 Å². The molecule has 1 aromatic heterocycles. The van der Waals surface area contributed by atoms with Crippen LogP contribution in [-0.4, -0.2) is 62.5 Å². The summed E-state index contributed by atoms with van der Waals surface area (Å²) in [5, 5.41) is 8.75. The van der Waals surface area contributed by atoms with Crippen molar-refractivity contribution in [3.8, 4) is 28.5 Å². The number of benzene rings is 2. The van der Waals surface area contributed by atoms with Crippen molar-refractivity contribution in [3.05, 3.63) is 54.6 Å². The minimum atomic E-state index is -3.56. The van der Waals surface area contributed by atoms with Gasteiger partial charge in [0.05, 0.1) is 17.2 Å². The van der Waals surface area contributed by atoms with Crippen LogP contribution < -0.4 is 19.1 Å². The van der Waals surface area contributed by atoms with E-state index in [1.807, 2.05) is 35.2 Å². The number of rotatable bonds is 8. The third kappa shape index (κ3) is 5.03. The summed E-state index contributed by atoms with van der Waals surface area (Å²) in [6.07, 6.45) is 2.02. The minimum Gasteiger partial charge on any atom is -0.494 e. The Morgan fingerprint density at radius 1 is 0.914 bits per heavy atom. The monoisotopic (exact) mass is 496 g/mol. The molecule has 0 saturated carbocycles. The van der Waals surface area contributed by atoms with Gasteiger partial charge in [-0.15, -0.1) is 10.2 Å². The van der Waals surface area contributed by atoms with Gasteiger partial charge in [0, 0.05) is 31.7 Å². The summed E-state index contributed by atoms with van der Waals surface area (Å²) >= 11 is 0. The van der Waals surface area contributed by atoms with Crippen LogP contribution in [0.5, 0.6) is 17.2 Å². The van der Waals surface area contributed by atoms with Gasteiger partial charge in [0.15, 0.2) is 17.3 Å². The highest BCUT2D eigenvalue weighted by molar-refractivity contribution is 7.89. The number of fused-ring (bicyclic) bond motifs is 1. The first kappa shape index (κ1) is 23.4. The number of unbranched alkanes of at least 4 members (excludes halogenated alkanes) is 1. The van der Waals surface area contributed by atoms with E-state index in [0.717, 1.165) is 35.7 Å². The van der Waals surface area contributed by atoms with Gasteiger partial charge >= 0.3 is 0 Å². The van der Waals surface area contributed by atoms with E-state index in [9.17, 15) is 8.42 Å². The quantitative estimate of drug-likeness (QED) is 0.437. The summed E-state index contributed by atoms with van der Waals surface area (Å²) in [6.45, 7) is 4.78. The Morgan fingerprint density at radius 3 is 2.40 bits per heavy atom. The Hall–Kier alpha value is -3.37. The third-order valence-corrected chi connectivity index (χ3v) is 8.02. The maximum absolute atomic E-state index is 13.1. The van der Waals surface area contributed by atoms with Gasteiger partial charge in [0.1, 0.15) is 5.75 Å². The van der Waals surface area contributed by atoms with Crippen molar-refractivity contribution in [2.24, 2.45) is 0 Å². The van der Waals surface area contributed by atoms with Gasteiger partial charge in [-0.2, -0.15) is 4.31 Å². The van der Waals surface area contributed by atoms with Crippen LogP contribution in [-0.2, 0) is 10.0 Å². The van der Waals surface area contributed by atoms with Gasteiger partial charge in [-0.3, -0.25) is 0 Å². The number of nitrogens with zero attached hydrogens (tertiary/aromatic N) is 4. The standard InChI is InChI=1S/C25H28N4O5S/c1-2-3-16-32-20-5-7-21(8-6-20)35(30,31)29-14-12-28(13-15-29)25-11-9-22(26-27-25)19-4-10-23-24(17-19)34-18-33-23/h4-11,17H,2-3,12-16,18H2,1H3. The molecule has 9 nitrogen and oxygen atoms in total. The zero-order chi connectivity index (χ0) is 24.3. The summed E-state index contributed by atoms with van der Waals surface area (Å²) in [5.41, 5.74) is 1.63. The van der Waals surface area contributed by atoms with Crippen LogP contribution in [0.15, 0.2) is 59.5 Å². The second kappa shape index (κ2) is 10.1. The highest BCUT2D eigenvalue weighted by Crippen LogP contribution is 2.35. The van der Waals surface area contributed by atoms with Gasteiger partial charge < -0.3 is 19.1 Å². The van der Waals surface area contributed by atoms with Crippen molar-refractivity contribution in [2.75, 3.05) is 44.5 Å². The van der Waals surface area contributed by atoms with Gasteiger partial charge in [0.2, 0.25) is 16.8 Å². The molecule has 0 unspecified atom stereocenters. The fraction of sp³-hybridized carbons (Fsp3) is 0.360. The van der Waals surface area contributed by atoms with Gasteiger partial charge in [-0.05, 0) is 61.0 Å². The average Bonchev–Trinajstić information content (AvgIpc) is 3.37. The smallest absolute Gasteiger partial charge is 0.243 e. The van der Waals surface area contributed by atoms with E-state index in [1.165, 1.54) is 4.31 Å². The lowest BCUT2D eigenvalue weighted by molar-refractivity contribution is 0.174. The molecule has 2 aliphatic heterocycles. The predicted molar refractivity (Wildman–Crippen MR) is 131 cm³/mol. The Morgan fingerprint density at radius 2 is 1.69 bits per heavy atom. The lowest BCUT2D eigenvalue weighted by Gasteiger charge is -2.34. The number of aromatic nitrogens is 2. The molecule has 2 aromatic carbocycles. The first-order chi connectivity index (χ1) is 17.0. The molecule has 3 heterocycles. The van der Waals surface area contributed by atoms with E-state index < -0.39 is 10.0 Å². The van der Waals surface area contributed by atoms with Crippen molar-refractivity contribution < 1.29 is 22.6 Å². The van der Waals surface area contributed by atoms with Crippen LogP contribution >= 0.6 is 0 Å². The van der Waals surface area contributed by atoms with Crippen molar-refractivity contribution in [1.29, 1.82) is 0 Å². The number of ether oxygens (including phenoxy) is 3. The highest BCUT2D eigenvalue weighted by atomic mass is 32.2. The van der Waals surface area contributed by atoms with Crippen LogP contribution in [0, 0.1) is 0 Å². The molecule has 1 saturated heterocycles. The highest BCUT2D eigenvalue weighted by Gasteiger charge is 2.29. The van der Waals surface area contributed by atoms with Crippen LogP contribution in [0.4, 0.5) is 5.82 Å². The summed E-state index contributed by atoms with van der Waals surface area (Å²) in [4.78, 5) is 2.33. The van der Waals surface area contributed by atoms with Crippen molar-refractivity contribution >= 4 is 15.8 Å². The molecule has 3 aromatic rings. The van der Waals surface area contributed by atoms with Crippen LogP contribution in [0.25, 0.3) is 11.3 Å². The predicted octanol–water partition coefficient (Wildman–Crippen LogP) is 3.56. The van der Waals surface area contributed by atoms with E-state index in [-0.39, 0.29) is 11.7 Å². The molecule has 0 aliphatic carbocycles. The summed E-state index contributed by atoms with van der Waals surface area (Å²) in [7, 11) is -3.56. The summed E-state index contributed by atoms with van der Waals surface area (Å²) < 4.78 is 44.2. The molecule has 10 heteroatoms. The number of hydrogen-bond acceptors (Lipinski definition) is 8. The fourth-order valence-electron chi connectivity index (χ4n) is 4.05. The Bertz CT molecular complexity index is 1260. The number of anilines is 1. The maximum atomic E-state index is 13.1. The van der Waals surface area contributed by atoms with E-state index in [1.54, 1.807) is 24.3 Å². The molecule has 184 valence electrons. The number of piperazine rings is 1. The lowest BCUT2D eigenvalue weighted by Crippen LogP contribution is -2.48. The van der Waals surface area contributed by atoms with E-state index in [4.69, 9.17) is 14.2 Å². The SMILES string of the molecule is CCCCOc1ccc(S(=O)(=O)N2CCN(c3ccc(-c4ccc5c(c4)OCO5)nn3)CC2)cc1. The van der Waals surface area contributed by atoms with Crippen molar-refractivity contribution in [3.63, 3.8) is 0 Å². The molecule has 0 bridgehead atoms. The topological polar surface area (TPSA) is 94.1 Å².